The molecule has 2 aliphatic heterocycles. The zero-order valence-corrected chi connectivity index (χ0v) is 23.0. The number of unbranched alkanes of at least 4 members (excludes halogenated alkanes) is 1. The number of ether oxygens (including phenoxy) is 4. The molecule has 2 rings (SSSR count). The van der Waals surface area contributed by atoms with Crippen LogP contribution in [-0.4, -0.2) is 124 Å². The molecule has 2 saturated heterocycles. The van der Waals surface area contributed by atoms with Crippen LogP contribution in [-0.2, 0) is 28.5 Å². The van der Waals surface area contributed by atoms with Gasteiger partial charge in [0.15, 0.2) is 12.6 Å². The maximum absolute atomic E-state index is 13.0. The van der Waals surface area contributed by atoms with E-state index in [4.69, 9.17) is 18.9 Å². The third-order valence-corrected chi connectivity index (χ3v) is 7.33. The molecule has 5 N–H and O–H groups in total. The molecule has 0 saturated carbocycles. The van der Waals surface area contributed by atoms with Crippen molar-refractivity contribution in [2.24, 2.45) is 5.92 Å². The summed E-state index contributed by atoms with van der Waals surface area (Å²) in [6.07, 6.45) is -6.45. The Morgan fingerprint density at radius 2 is 1.24 bits per heavy atom. The van der Waals surface area contributed by atoms with E-state index in [9.17, 15) is 35.1 Å². The van der Waals surface area contributed by atoms with Crippen LogP contribution in [0.5, 0.6) is 0 Å². The Morgan fingerprint density at radius 3 is 1.82 bits per heavy atom. The number of ketones is 1. The highest BCUT2D eigenvalue weighted by Crippen LogP contribution is 2.26. The summed E-state index contributed by atoms with van der Waals surface area (Å²) < 4.78 is 22.3. The van der Waals surface area contributed by atoms with Crippen molar-refractivity contribution in [2.45, 2.75) is 122 Å². The van der Waals surface area contributed by atoms with Gasteiger partial charge in [0.05, 0.1) is 31.5 Å². The molecule has 0 spiro atoms. The van der Waals surface area contributed by atoms with Gasteiger partial charge in [-0.05, 0) is 33.1 Å². The zero-order chi connectivity index (χ0) is 28.4. The fraction of sp³-hybridized carbons (Fsp3) is 0.923. The first-order valence-corrected chi connectivity index (χ1v) is 13.7. The van der Waals surface area contributed by atoms with Crippen LogP contribution in [0.1, 0.15) is 66.2 Å². The average molecular weight is 550 g/mol. The first-order valence-electron chi connectivity index (χ1n) is 13.7. The molecule has 12 heteroatoms. The lowest BCUT2D eigenvalue weighted by molar-refractivity contribution is -0.293. The van der Waals surface area contributed by atoms with Crippen molar-refractivity contribution in [2.75, 3.05) is 26.3 Å². The minimum atomic E-state index is -1.45. The second-order valence-corrected chi connectivity index (χ2v) is 10.3. The maximum atomic E-state index is 13.0. The van der Waals surface area contributed by atoms with Crippen LogP contribution in [0.4, 0.5) is 0 Å². The third kappa shape index (κ3) is 9.46. The number of carbonyl (C=O) groups is 2. The van der Waals surface area contributed by atoms with E-state index in [-0.39, 0.29) is 56.4 Å². The van der Waals surface area contributed by atoms with Gasteiger partial charge in [0.1, 0.15) is 30.2 Å². The molecule has 0 bridgehead atoms. The molecule has 0 aromatic heterocycles. The van der Waals surface area contributed by atoms with Crippen molar-refractivity contribution in [3.8, 4) is 0 Å². The van der Waals surface area contributed by atoms with E-state index in [1.807, 2.05) is 6.92 Å². The van der Waals surface area contributed by atoms with Crippen molar-refractivity contribution in [1.29, 1.82) is 0 Å². The molecule has 0 radical (unpaired) electrons. The molecule has 1 amide bonds. The monoisotopic (exact) mass is 549 g/mol. The predicted molar refractivity (Wildman–Crippen MR) is 135 cm³/mol. The second kappa shape index (κ2) is 16.1. The van der Waals surface area contributed by atoms with Gasteiger partial charge >= 0.3 is 0 Å². The van der Waals surface area contributed by atoms with Crippen LogP contribution < -0.4 is 0 Å². The molecule has 222 valence electrons. The van der Waals surface area contributed by atoms with Gasteiger partial charge in [-0.1, -0.05) is 13.8 Å². The summed E-state index contributed by atoms with van der Waals surface area (Å²) in [7, 11) is 0. The molecule has 2 heterocycles. The minimum Gasteiger partial charge on any atom is -0.390 e. The third-order valence-electron chi connectivity index (χ3n) is 7.33. The predicted octanol–water partition coefficient (Wildman–Crippen LogP) is -0.292. The van der Waals surface area contributed by atoms with Gasteiger partial charge in [-0.15, -0.1) is 0 Å². The van der Waals surface area contributed by atoms with E-state index in [1.54, 1.807) is 20.8 Å². The van der Waals surface area contributed by atoms with Gasteiger partial charge in [-0.3, -0.25) is 9.59 Å². The van der Waals surface area contributed by atoms with E-state index in [1.165, 1.54) is 4.90 Å². The summed E-state index contributed by atoms with van der Waals surface area (Å²) in [5.41, 5.74) is 0. The second-order valence-electron chi connectivity index (χ2n) is 10.3. The summed E-state index contributed by atoms with van der Waals surface area (Å²) in [6.45, 7) is 7.34. The van der Waals surface area contributed by atoms with Gasteiger partial charge in [0.2, 0.25) is 5.91 Å². The highest BCUT2D eigenvalue weighted by Gasteiger charge is 2.43. The van der Waals surface area contributed by atoms with Crippen LogP contribution in [0.15, 0.2) is 0 Å². The lowest BCUT2D eigenvalue weighted by Gasteiger charge is -2.40. The van der Waals surface area contributed by atoms with Crippen LogP contribution in [0.2, 0.25) is 0 Å². The smallest absolute Gasteiger partial charge is 0.222 e. The summed E-state index contributed by atoms with van der Waals surface area (Å²) >= 11 is 0. The molecular weight excluding hydrogens is 502 g/mol. The molecule has 0 aromatic carbocycles. The standard InChI is InChI=1S/C26H47NO11/c1-5-8-18(28)9-6-7-10-19(29)27(11-13-35-25-23(33)20(30)15(2)16(3)37-25)12-14-36-26-24(34)22(32)21(31)17(4)38-26/h15-17,20-26,30-34H,5-14H2,1-4H3/t15-,16+,17+,20-,21-,22-,23+,24+,25-,26-/m1/s1. The van der Waals surface area contributed by atoms with Gasteiger partial charge in [-0.2, -0.15) is 0 Å². The fourth-order valence-electron chi connectivity index (χ4n) is 4.53. The number of rotatable bonds is 15. The van der Waals surface area contributed by atoms with Crippen molar-refractivity contribution >= 4 is 11.7 Å². The number of aliphatic hydroxyl groups excluding tert-OH is 5. The number of amides is 1. The Hall–Kier alpha value is -1.22. The molecule has 2 aliphatic rings. The van der Waals surface area contributed by atoms with Crippen LogP contribution in [0, 0.1) is 5.92 Å². The van der Waals surface area contributed by atoms with Crippen LogP contribution >= 0.6 is 0 Å². The quantitative estimate of drug-likeness (QED) is 0.170. The molecule has 0 unspecified atom stereocenters. The van der Waals surface area contributed by atoms with E-state index in [0.717, 1.165) is 6.42 Å². The Balaban J connectivity index is 1.89. The van der Waals surface area contributed by atoms with E-state index < -0.39 is 49.2 Å². The average Bonchev–Trinajstić information content (AvgIpc) is 2.88. The number of aliphatic hydroxyl groups is 5. The topological polar surface area (TPSA) is 175 Å². The van der Waals surface area contributed by atoms with Gasteiger partial charge in [0, 0.05) is 38.3 Å². The molecule has 0 aliphatic carbocycles. The summed E-state index contributed by atoms with van der Waals surface area (Å²) in [4.78, 5) is 26.2. The minimum absolute atomic E-state index is 0.0200. The SMILES string of the molecule is CCCC(=O)CCCCC(=O)N(CCO[C@@H]1O[C@@H](C)[C@@H](O)[C@@H](O)[C@@H]1O)CCO[C@@H]1O[C@@H](C)[C@@H](C)[C@@H](O)[C@@H]1O. The molecule has 12 nitrogen and oxygen atoms in total. The van der Waals surface area contributed by atoms with Crippen molar-refractivity contribution in [1.82, 2.24) is 4.90 Å². The van der Waals surface area contributed by atoms with Crippen LogP contribution in [0.25, 0.3) is 0 Å². The molecule has 2 fully saturated rings. The Morgan fingerprint density at radius 1 is 0.711 bits per heavy atom. The fourth-order valence-corrected chi connectivity index (χ4v) is 4.53. The van der Waals surface area contributed by atoms with Crippen molar-refractivity contribution in [3.63, 3.8) is 0 Å². The van der Waals surface area contributed by atoms with Crippen molar-refractivity contribution in [3.05, 3.63) is 0 Å². The van der Waals surface area contributed by atoms with Crippen LogP contribution in [0.3, 0.4) is 0 Å². The number of nitrogens with zero attached hydrogens (tertiary/aromatic N) is 1. The number of Topliss-reactive ketones (excluding diaryl/α,β-unsaturated/α-hetero) is 1. The van der Waals surface area contributed by atoms with E-state index >= 15 is 0 Å². The maximum Gasteiger partial charge on any atom is 0.222 e. The van der Waals surface area contributed by atoms with Gasteiger partial charge in [-0.25, -0.2) is 0 Å². The van der Waals surface area contributed by atoms with E-state index in [0.29, 0.717) is 25.7 Å². The summed E-state index contributed by atoms with van der Waals surface area (Å²) in [5.74, 6) is -0.256. The first-order chi connectivity index (χ1) is 18.0. The molecule has 10 atom stereocenters. The number of carbonyl (C=O) groups excluding carboxylic acids is 2. The number of hydrogen-bond donors (Lipinski definition) is 5. The van der Waals surface area contributed by atoms with E-state index in [2.05, 4.69) is 0 Å². The Kier molecular flexibility index (Phi) is 14.0. The molecular formula is C26H47NO11. The first kappa shape index (κ1) is 33.0. The molecule has 38 heavy (non-hydrogen) atoms. The van der Waals surface area contributed by atoms with Gasteiger partial charge < -0.3 is 49.4 Å². The van der Waals surface area contributed by atoms with Gasteiger partial charge in [0.25, 0.3) is 0 Å². The summed E-state index contributed by atoms with van der Waals surface area (Å²) in [5, 5.41) is 50.5. The lowest BCUT2D eigenvalue weighted by Crippen LogP contribution is -2.57. The molecule has 0 aromatic rings. The largest absolute Gasteiger partial charge is 0.390 e. The number of hydrogen-bond acceptors (Lipinski definition) is 11. The lowest BCUT2D eigenvalue weighted by atomic mass is 9.92. The zero-order valence-electron chi connectivity index (χ0n) is 23.0. The summed E-state index contributed by atoms with van der Waals surface area (Å²) in [6, 6.07) is 0. The highest BCUT2D eigenvalue weighted by molar-refractivity contribution is 5.78. The normalized spacial score (nSPS) is 35.7. The Labute approximate surface area is 224 Å². The van der Waals surface area contributed by atoms with Crippen molar-refractivity contribution < 1.29 is 54.1 Å². The highest BCUT2D eigenvalue weighted by atomic mass is 16.7. The Bertz CT molecular complexity index is 685.